The third-order valence-electron chi connectivity index (χ3n) is 4.59. The van der Waals surface area contributed by atoms with E-state index in [0.717, 1.165) is 37.3 Å². The molecule has 0 radical (unpaired) electrons. The van der Waals surface area contributed by atoms with Crippen LogP contribution in [-0.4, -0.2) is 42.0 Å². The van der Waals surface area contributed by atoms with E-state index in [1.54, 1.807) is 0 Å². The summed E-state index contributed by atoms with van der Waals surface area (Å²) in [7, 11) is 0. The van der Waals surface area contributed by atoms with E-state index in [4.69, 9.17) is 4.42 Å². The second-order valence-electron chi connectivity index (χ2n) is 6.20. The zero-order valence-electron chi connectivity index (χ0n) is 14.0. The van der Waals surface area contributed by atoms with Gasteiger partial charge in [-0.3, -0.25) is 4.79 Å². The zero-order valence-corrected chi connectivity index (χ0v) is 14.0. The fraction of sp³-hybridized carbons (Fsp3) is 0.316. The SMILES string of the molecule is O=C(CCc1nc2ccccc2o1)N1CCN(c2cc[nH+]cc2)CC1. The van der Waals surface area contributed by atoms with Gasteiger partial charge in [-0.2, -0.15) is 0 Å². The number of hydrogen-bond acceptors (Lipinski definition) is 4. The number of benzene rings is 1. The molecule has 6 heteroatoms. The highest BCUT2D eigenvalue weighted by molar-refractivity contribution is 5.77. The van der Waals surface area contributed by atoms with Crippen LogP contribution in [0.3, 0.4) is 0 Å². The molecule has 0 aliphatic carbocycles. The van der Waals surface area contributed by atoms with Crippen molar-refractivity contribution in [3.8, 4) is 0 Å². The second kappa shape index (κ2) is 6.93. The highest BCUT2D eigenvalue weighted by atomic mass is 16.3. The van der Waals surface area contributed by atoms with Gasteiger partial charge < -0.3 is 14.2 Å². The van der Waals surface area contributed by atoms with Crippen LogP contribution in [0.25, 0.3) is 11.1 Å². The third kappa shape index (κ3) is 3.47. The average Bonchev–Trinajstić information content (AvgIpc) is 3.10. The van der Waals surface area contributed by atoms with Crippen molar-refractivity contribution in [2.24, 2.45) is 0 Å². The molecule has 0 saturated carbocycles. The molecule has 1 aromatic carbocycles. The van der Waals surface area contributed by atoms with Crippen molar-refractivity contribution in [3.63, 3.8) is 0 Å². The number of aryl methyl sites for hydroxylation is 1. The van der Waals surface area contributed by atoms with Crippen molar-refractivity contribution < 1.29 is 14.2 Å². The van der Waals surface area contributed by atoms with E-state index in [0.29, 0.717) is 18.7 Å². The first-order valence-electron chi connectivity index (χ1n) is 8.63. The summed E-state index contributed by atoms with van der Waals surface area (Å²) in [4.78, 5) is 24.2. The van der Waals surface area contributed by atoms with Gasteiger partial charge in [0, 0.05) is 56.8 Å². The summed E-state index contributed by atoms with van der Waals surface area (Å²) in [6, 6.07) is 11.8. The van der Waals surface area contributed by atoms with E-state index in [1.165, 1.54) is 5.69 Å². The molecule has 1 aliphatic rings. The van der Waals surface area contributed by atoms with Gasteiger partial charge in [0.1, 0.15) is 5.52 Å². The molecule has 0 bridgehead atoms. The van der Waals surface area contributed by atoms with E-state index in [-0.39, 0.29) is 5.91 Å². The summed E-state index contributed by atoms with van der Waals surface area (Å²) in [6.45, 7) is 3.23. The smallest absolute Gasteiger partial charge is 0.223 e. The molecular formula is C19H21N4O2+. The van der Waals surface area contributed by atoms with Crippen LogP contribution in [0.4, 0.5) is 5.69 Å². The molecule has 2 aromatic heterocycles. The van der Waals surface area contributed by atoms with Crippen LogP contribution in [0.1, 0.15) is 12.3 Å². The molecule has 1 saturated heterocycles. The monoisotopic (exact) mass is 337 g/mol. The fourth-order valence-corrected chi connectivity index (χ4v) is 3.20. The number of hydrogen-bond donors (Lipinski definition) is 0. The standard InChI is InChI=1S/C19H20N4O2/c24-19(6-5-18-21-16-3-1-2-4-17(16)25-18)23-13-11-22(12-14-23)15-7-9-20-10-8-15/h1-4,7-10H,5-6,11-14H2/p+1. The van der Waals surface area contributed by atoms with Crippen LogP contribution in [0.5, 0.6) is 0 Å². The molecule has 0 spiro atoms. The van der Waals surface area contributed by atoms with Crippen molar-refractivity contribution >= 4 is 22.7 Å². The molecule has 128 valence electrons. The molecule has 4 rings (SSSR count). The molecular weight excluding hydrogens is 316 g/mol. The van der Waals surface area contributed by atoms with Gasteiger partial charge in [-0.15, -0.1) is 0 Å². The number of carbonyl (C=O) groups excluding carboxylic acids is 1. The van der Waals surface area contributed by atoms with Crippen molar-refractivity contribution in [3.05, 3.63) is 54.7 Å². The number of aromatic nitrogens is 2. The molecule has 3 aromatic rings. The first-order chi connectivity index (χ1) is 12.3. The lowest BCUT2D eigenvalue weighted by molar-refractivity contribution is -0.377. The first kappa shape index (κ1) is 15.6. The van der Waals surface area contributed by atoms with Crippen molar-refractivity contribution in [1.29, 1.82) is 0 Å². The minimum atomic E-state index is 0.170. The maximum atomic E-state index is 12.5. The number of nitrogens with one attached hydrogen (secondary N) is 1. The van der Waals surface area contributed by atoms with E-state index in [9.17, 15) is 4.79 Å². The first-order valence-corrected chi connectivity index (χ1v) is 8.63. The van der Waals surface area contributed by atoms with Crippen LogP contribution in [0, 0.1) is 0 Å². The van der Waals surface area contributed by atoms with Gasteiger partial charge in [-0.25, -0.2) is 9.97 Å². The summed E-state index contributed by atoms with van der Waals surface area (Å²) >= 11 is 0. The minimum absolute atomic E-state index is 0.170. The Hall–Kier alpha value is -2.89. The summed E-state index contributed by atoms with van der Waals surface area (Å²) in [5.74, 6) is 0.803. The molecule has 0 atom stereocenters. The largest absolute Gasteiger partial charge is 0.441 e. The number of pyridine rings is 1. The van der Waals surface area contributed by atoms with Crippen LogP contribution in [0.15, 0.2) is 53.2 Å². The summed E-state index contributed by atoms with van der Waals surface area (Å²) in [6.07, 6.45) is 4.83. The number of oxazole rings is 1. The topological polar surface area (TPSA) is 63.7 Å². The molecule has 6 nitrogen and oxygen atoms in total. The lowest BCUT2D eigenvalue weighted by atomic mass is 10.2. The number of amides is 1. The minimum Gasteiger partial charge on any atom is -0.441 e. The molecule has 1 N–H and O–H groups in total. The second-order valence-corrected chi connectivity index (χ2v) is 6.20. The molecule has 1 amide bonds. The van der Waals surface area contributed by atoms with Crippen LogP contribution in [0.2, 0.25) is 0 Å². The Labute approximate surface area is 146 Å². The van der Waals surface area contributed by atoms with Gasteiger partial charge in [0.25, 0.3) is 0 Å². The Morgan fingerprint density at radius 1 is 1.08 bits per heavy atom. The third-order valence-corrected chi connectivity index (χ3v) is 4.59. The van der Waals surface area contributed by atoms with Crippen molar-refractivity contribution in [2.75, 3.05) is 31.1 Å². The molecule has 3 heterocycles. The summed E-state index contributed by atoms with van der Waals surface area (Å²) in [5, 5.41) is 0. The van der Waals surface area contributed by atoms with Gasteiger partial charge >= 0.3 is 0 Å². The molecule has 0 unspecified atom stereocenters. The summed E-state index contributed by atoms with van der Waals surface area (Å²) in [5.41, 5.74) is 2.81. The zero-order chi connectivity index (χ0) is 17.1. The molecule has 25 heavy (non-hydrogen) atoms. The summed E-state index contributed by atoms with van der Waals surface area (Å²) < 4.78 is 5.69. The van der Waals surface area contributed by atoms with Crippen LogP contribution in [-0.2, 0) is 11.2 Å². The van der Waals surface area contributed by atoms with E-state index >= 15 is 0 Å². The molecule has 1 aliphatic heterocycles. The number of rotatable bonds is 4. The number of anilines is 1. The van der Waals surface area contributed by atoms with Gasteiger partial charge in [0.15, 0.2) is 23.9 Å². The number of para-hydroxylation sites is 2. The van der Waals surface area contributed by atoms with Gasteiger partial charge in [-0.05, 0) is 12.1 Å². The lowest BCUT2D eigenvalue weighted by Crippen LogP contribution is -2.48. The lowest BCUT2D eigenvalue weighted by Gasteiger charge is -2.35. The van der Waals surface area contributed by atoms with E-state index in [1.807, 2.05) is 41.6 Å². The molecule has 1 fully saturated rings. The predicted octanol–water partition coefficient (Wildman–Crippen LogP) is 1.92. The highest BCUT2D eigenvalue weighted by Crippen LogP contribution is 2.17. The number of nitrogens with zero attached hydrogens (tertiary/aromatic N) is 3. The average molecular weight is 337 g/mol. The normalized spacial score (nSPS) is 14.9. The number of H-pyrrole nitrogens is 1. The fourth-order valence-electron chi connectivity index (χ4n) is 3.20. The van der Waals surface area contributed by atoms with Crippen molar-refractivity contribution in [1.82, 2.24) is 9.88 Å². The number of aromatic amines is 1. The van der Waals surface area contributed by atoms with Crippen LogP contribution >= 0.6 is 0 Å². The van der Waals surface area contributed by atoms with Gasteiger partial charge in [0.2, 0.25) is 5.91 Å². The van der Waals surface area contributed by atoms with Crippen LogP contribution < -0.4 is 9.88 Å². The highest BCUT2D eigenvalue weighted by Gasteiger charge is 2.21. The maximum Gasteiger partial charge on any atom is 0.223 e. The Morgan fingerprint density at radius 3 is 2.60 bits per heavy atom. The Kier molecular flexibility index (Phi) is 4.33. The Bertz CT molecular complexity index is 821. The van der Waals surface area contributed by atoms with Crippen molar-refractivity contribution in [2.45, 2.75) is 12.8 Å². The van der Waals surface area contributed by atoms with Gasteiger partial charge in [-0.1, -0.05) is 12.1 Å². The maximum absolute atomic E-state index is 12.5. The quantitative estimate of drug-likeness (QED) is 0.730. The van der Waals surface area contributed by atoms with E-state index < -0.39 is 0 Å². The van der Waals surface area contributed by atoms with Gasteiger partial charge in [0.05, 0.1) is 0 Å². The Balaban J connectivity index is 1.30. The number of carbonyl (C=O) groups is 1. The number of piperazine rings is 1. The number of fused-ring (bicyclic) bond motifs is 1. The Morgan fingerprint density at radius 2 is 1.84 bits per heavy atom. The van der Waals surface area contributed by atoms with E-state index in [2.05, 4.69) is 27.0 Å². The predicted molar refractivity (Wildman–Crippen MR) is 94.1 cm³/mol.